The van der Waals surface area contributed by atoms with Crippen LogP contribution in [0.5, 0.6) is 11.5 Å². The average molecular weight is 292 g/mol. The molecule has 3 N–H and O–H groups in total. The van der Waals surface area contributed by atoms with Crippen LogP contribution >= 0.6 is 0 Å². The second-order valence-electron chi connectivity index (χ2n) is 4.29. The van der Waals surface area contributed by atoms with E-state index in [9.17, 15) is 14.3 Å². The fourth-order valence-corrected chi connectivity index (χ4v) is 1.69. The molecule has 0 bridgehead atoms. The van der Waals surface area contributed by atoms with Crippen molar-refractivity contribution < 1.29 is 24.2 Å². The highest BCUT2D eigenvalue weighted by Crippen LogP contribution is 2.24. The van der Waals surface area contributed by atoms with E-state index < -0.39 is 5.91 Å². The number of halogens is 1. The SMILES string of the molecule is Cc1c(COc2ccc(F)cc2)cnc(C(=O)NO)c1O. The molecule has 2 aromatic rings. The van der Waals surface area contributed by atoms with Crippen LogP contribution < -0.4 is 10.2 Å². The van der Waals surface area contributed by atoms with E-state index >= 15 is 0 Å². The predicted molar refractivity (Wildman–Crippen MR) is 70.6 cm³/mol. The quantitative estimate of drug-likeness (QED) is 0.591. The smallest absolute Gasteiger partial charge is 0.297 e. The maximum atomic E-state index is 12.8. The molecule has 0 atom stereocenters. The van der Waals surface area contributed by atoms with E-state index in [-0.39, 0.29) is 23.9 Å². The van der Waals surface area contributed by atoms with Gasteiger partial charge in [0.15, 0.2) is 5.69 Å². The van der Waals surface area contributed by atoms with Gasteiger partial charge in [-0.3, -0.25) is 10.0 Å². The summed E-state index contributed by atoms with van der Waals surface area (Å²) in [6.07, 6.45) is 1.36. The molecule has 21 heavy (non-hydrogen) atoms. The number of hydrogen-bond donors (Lipinski definition) is 3. The molecule has 2 rings (SSSR count). The van der Waals surface area contributed by atoms with Gasteiger partial charge in [0.1, 0.15) is 23.9 Å². The molecule has 7 heteroatoms. The fraction of sp³-hybridized carbons (Fsp3) is 0.143. The molecule has 0 radical (unpaired) electrons. The van der Waals surface area contributed by atoms with Crippen LogP contribution in [0.1, 0.15) is 21.6 Å². The first-order valence-electron chi connectivity index (χ1n) is 6.03. The lowest BCUT2D eigenvalue weighted by molar-refractivity contribution is 0.0697. The van der Waals surface area contributed by atoms with Crippen molar-refractivity contribution in [3.63, 3.8) is 0 Å². The summed E-state index contributed by atoms with van der Waals surface area (Å²) in [5.41, 5.74) is 2.10. The Kier molecular flexibility index (Phi) is 4.34. The summed E-state index contributed by atoms with van der Waals surface area (Å²) < 4.78 is 18.2. The Morgan fingerprint density at radius 1 is 1.38 bits per heavy atom. The summed E-state index contributed by atoms with van der Waals surface area (Å²) in [6.45, 7) is 1.69. The normalized spacial score (nSPS) is 10.2. The van der Waals surface area contributed by atoms with Crippen LogP contribution in [0.15, 0.2) is 30.5 Å². The maximum Gasteiger partial charge on any atom is 0.297 e. The first-order chi connectivity index (χ1) is 10.0. The first kappa shape index (κ1) is 14.7. The fourth-order valence-electron chi connectivity index (χ4n) is 1.69. The molecule has 6 nitrogen and oxygen atoms in total. The van der Waals surface area contributed by atoms with E-state index in [2.05, 4.69) is 4.98 Å². The number of aromatic hydroxyl groups is 1. The molecular weight excluding hydrogens is 279 g/mol. The molecule has 1 heterocycles. The second kappa shape index (κ2) is 6.19. The minimum Gasteiger partial charge on any atom is -0.505 e. The summed E-state index contributed by atoms with van der Waals surface area (Å²) in [7, 11) is 0. The van der Waals surface area contributed by atoms with Crippen molar-refractivity contribution in [1.82, 2.24) is 10.5 Å². The molecule has 0 spiro atoms. The van der Waals surface area contributed by atoms with Crippen LogP contribution in [0.2, 0.25) is 0 Å². The standard InChI is InChI=1S/C14H13FN2O4/c1-8-9(6-16-12(13(8)18)14(19)17-20)7-21-11-4-2-10(15)3-5-11/h2-6,18,20H,7H2,1H3,(H,17,19). The average Bonchev–Trinajstić information content (AvgIpc) is 2.49. The van der Waals surface area contributed by atoms with Crippen LogP contribution in [0.4, 0.5) is 4.39 Å². The molecule has 0 unspecified atom stereocenters. The number of hydrogen-bond acceptors (Lipinski definition) is 5. The number of aromatic nitrogens is 1. The zero-order chi connectivity index (χ0) is 15.4. The van der Waals surface area contributed by atoms with Gasteiger partial charge in [0.2, 0.25) is 0 Å². The molecule has 1 aromatic heterocycles. The third-order valence-corrected chi connectivity index (χ3v) is 2.94. The van der Waals surface area contributed by atoms with Gasteiger partial charge >= 0.3 is 0 Å². The Morgan fingerprint density at radius 2 is 2.05 bits per heavy atom. The van der Waals surface area contributed by atoms with Crippen molar-refractivity contribution >= 4 is 5.91 Å². The van der Waals surface area contributed by atoms with Gasteiger partial charge in [-0.2, -0.15) is 0 Å². The van der Waals surface area contributed by atoms with Gasteiger partial charge in [-0.25, -0.2) is 14.9 Å². The van der Waals surface area contributed by atoms with Gasteiger partial charge in [0, 0.05) is 17.3 Å². The van der Waals surface area contributed by atoms with Crippen LogP contribution in [-0.4, -0.2) is 21.2 Å². The van der Waals surface area contributed by atoms with Gasteiger partial charge in [-0.05, 0) is 31.2 Å². The van der Waals surface area contributed by atoms with Crippen molar-refractivity contribution in [1.29, 1.82) is 0 Å². The van der Waals surface area contributed by atoms with E-state index in [0.717, 1.165) is 0 Å². The number of hydroxylamine groups is 1. The van der Waals surface area contributed by atoms with Gasteiger partial charge in [-0.1, -0.05) is 0 Å². The summed E-state index contributed by atoms with van der Waals surface area (Å²) >= 11 is 0. The zero-order valence-electron chi connectivity index (χ0n) is 11.1. The molecule has 0 aliphatic rings. The van der Waals surface area contributed by atoms with E-state index in [0.29, 0.717) is 16.9 Å². The van der Waals surface area contributed by atoms with Crippen molar-refractivity contribution in [3.05, 3.63) is 53.1 Å². The highest BCUT2D eigenvalue weighted by atomic mass is 19.1. The lowest BCUT2D eigenvalue weighted by Crippen LogP contribution is -2.20. The summed E-state index contributed by atoms with van der Waals surface area (Å²) in [5, 5.41) is 18.4. The number of ether oxygens (including phenoxy) is 1. The van der Waals surface area contributed by atoms with Gasteiger partial charge < -0.3 is 9.84 Å². The van der Waals surface area contributed by atoms with Crippen LogP contribution in [0.25, 0.3) is 0 Å². The van der Waals surface area contributed by atoms with Crippen molar-refractivity contribution in [2.45, 2.75) is 13.5 Å². The van der Waals surface area contributed by atoms with Crippen LogP contribution in [-0.2, 0) is 6.61 Å². The molecule has 0 fully saturated rings. The zero-order valence-corrected chi connectivity index (χ0v) is 11.1. The third-order valence-electron chi connectivity index (χ3n) is 2.94. The third kappa shape index (κ3) is 3.26. The largest absolute Gasteiger partial charge is 0.505 e. The van der Waals surface area contributed by atoms with Gasteiger partial charge in [0.05, 0.1) is 0 Å². The van der Waals surface area contributed by atoms with Crippen LogP contribution in [0, 0.1) is 12.7 Å². The molecular formula is C14H13FN2O4. The number of pyridine rings is 1. The van der Waals surface area contributed by atoms with Crippen molar-refractivity contribution in [2.75, 3.05) is 0 Å². The van der Waals surface area contributed by atoms with E-state index in [1.807, 2.05) is 0 Å². The number of benzene rings is 1. The number of nitrogens with one attached hydrogen (secondary N) is 1. The van der Waals surface area contributed by atoms with Gasteiger partial charge in [0.25, 0.3) is 5.91 Å². The summed E-state index contributed by atoms with van der Waals surface area (Å²) in [5.74, 6) is -1.13. The minimum atomic E-state index is -0.901. The molecule has 0 aliphatic carbocycles. The molecule has 110 valence electrons. The van der Waals surface area contributed by atoms with E-state index in [1.54, 1.807) is 6.92 Å². The van der Waals surface area contributed by atoms with E-state index in [1.165, 1.54) is 35.9 Å². The van der Waals surface area contributed by atoms with Crippen molar-refractivity contribution in [3.8, 4) is 11.5 Å². The van der Waals surface area contributed by atoms with Crippen LogP contribution in [0.3, 0.4) is 0 Å². The van der Waals surface area contributed by atoms with E-state index in [4.69, 9.17) is 9.94 Å². The molecule has 1 amide bonds. The molecule has 0 saturated heterocycles. The predicted octanol–water partition coefficient (Wildman–Crippen LogP) is 1.93. The lowest BCUT2D eigenvalue weighted by Gasteiger charge is -2.11. The molecule has 1 aromatic carbocycles. The Bertz CT molecular complexity index is 659. The van der Waals surface area contributed by atoms with Crippen molar-refractivity contribution in [2.24, 2.45) is 0 Å². The Balaban J connectivity index is 2.16. The Hall–Kier alpha value is -2.67. The highest BCUT2D eigenvalue weighted by molar-refractivity contribution is 5.94. The summed E-state index contributed by atoms with van der Waals surface area (Å²) in [4.78, 5) is 15.0. The maximum absolute atomic E-state index is 12.8. The highest BCUT2D eigenvalue weighted by Gasteiger charge is 2.16. The van der Waals surface area contributed by atoms with Gasteiger partial charge in [-0.15, -0.1) is 0 Å². The first-order valence-corrected chi connectivity index (χ1v) is 6.03. The summed E-state index contributed by atoms with van der Waals surface area (Å²) in [6, 6.07) is 5.50. The number of carbonyl (C=O) groups excluding carboxylic acids is 1. The Labute approximate surface area is 119 Å². The Morgan fingerprint density at radius 3 is 2.67 bits per heavy atom. The number of rotatable bonds is 4. The minimum absolute atomic E-state index is 0.0963. The number of carbonyl (C=O) groups is 1. The topological polar surface area (TPSA) is 91.7 Å². The second-order valence-corrected chi connectivity index (χ2v) is 4.29. The molecule has 0 aliphatic heterocycles. The number of nitrogens with zero attached hydrogens (tertiary/aromatic N) is 1. The monoisotopic (exact) mass is 292 g/mol. The lowest BCUT2D eigenvalue weighted by atomic mass is 10.1. The number of amides is 1. The molecule has 0 saturated carbocycles.